The fourth-order valence-electron chi connectivity index (χ4n) is 0.368. The van der Waals surface area contributed by atoms with E-state index in [-0.39, 0.29) is 4.57 Å². The number of rotatable bonds is 0. The molecule has 0 aliphatic carbocycles. The molecule has 0 N–H and O–H groups in total. The van der Waals surface area contributed by atoms with Gasteiger partial charge in [0.1, 0.15) is 6.33 Å². The standard InChI is InChI=1S/C4H2F3N2/c5-4(6,7)9-2-1-8-3-9/h1,3H. The van der Waals surface area contributed by atoms with Gasteiger partial charge in [0.05, 0.1) is 12.4 Å². The molecule has 0 atom stereocenters. The third-order valence-electron chi connectivity index (χ3n) is 0.727. The molecule has 0 amide bonds. The molecule has 0 saturated carbocycles. The zero-order valence-corrected chi connectivity index (χ0v) is 4.18. The summed E-state index contributed by atoms with van der Waals surface area (Å²) in [6.45, 7) is 0. The van der Waals surface area contributed by atoms with Crippen molar-refractivity contribution in [3.8, 4) is 0 Å². The summed E-state index contributed by atoms with van der Waals surface area (Å²) in [5.41, 5.74) is 0. The van der Waals surface area contributed by atoms with E-state index in [1.54, 1.807) is 0 Å². The summed E-state index contributed by atoms with van der Waals surface area (Å²) in [5, 5.41) is 0. The number of hydrogen-bond acceptors (Lipinski definition) is 1. The maximum absolute atomic E-state index is 11.5. The van der Waals surface area contributed by atoms with E-state index in [9.17, 15) is 13.2 Å². The number of imidazole rings is 1. The van der Waals surface area contributed by atoms with E-state index in [4.69, 9.17) is 0 Å². The van der Waals surface area contributed by atoms with Crippen LogP contribution in [0.5, 0.6) is 0 Å². The average Bonchev–Trinajstić information content (AvgIpc) is 2.08. The minimum absolute atomic E-state index is 0.0486. The Labute approximate surface area is 48.9 Å². The Bertz CT molecular complexity index is 176. The van der Waals surface area contributed by atoms with Gasteiger partial charge in [0.15, 0.2) is 0 Å². The smallest absolute Gasteiger partial charge is 0.244 e. The number of alkyl halides is 3. The van der Waals surface area contributed by atoms with Gasteiger partial charge in [-0.25, -0.2) is 9.55 Å². The van der Waals surface area contributed by atoms with Gasteiger partial charge in [0.2, 0.25) is 0 Å². The van der Waals surface area contributed by atoms with E-state index in [0.29, 0.717) is 6.33 Å². The molecule has 5 heteroatoms. The largest absolute Gasteiger partial charge is 0.490 e. The molecule has 1 heterocycles. The first-order valence-corrected chi connectivity index (χ1v) is 2.08. The summed E-state index contributed by atoms with van der Waals surface area (Å²) < 4.78 is 34.5. The van der Waals surface area contributed by atoms with Gasteiger partial charge >= 0.3 is 6.30 Å². The van der Waals surface area contributed by atoms with Gasteiger partial charge < -0.3 is 0 Å². The number of halogens is 3. The Morgan fingerprint density at radius 3 is 2.33 bits per heavy atom. The van der Waals surface area contributed by atoms with Gasteiger partial charge in [0.25, 0.3) is 0 Å². The predicted molar refractivity (Wildman–Crippen MR) is 22.4 cm³/mol. The molecule has 0 unspecified atom stereocenters. The van der Waals surface area contributed by atoms with Crippen LogP contribution in [0.1, 0.15) is 0 Å². The van der Waals surface area contributed by atoms with Crippen LogP contribution in [0, 0.1) is 6.20 Å². The maximum atomic E-state index is 11.5. The Balaban J connectivity index is 2.90. The summed E-state index contributed by atoms with van der Waals surface area (Å²) in [4.78, 5) is 3.18. The number of hydrogen-bond donors (Lipinski definition) is 0. The van der Waals surface area contributed by atoms with E-state index < -0.39 is 6.30 Å². The monoisotopic (exact) mass is 135 g/mol. The average molecular weight is 135 g/mol. The van der Waals surface area contributed by atoms with Crippen LogP contribution in [-0.4, -0.2) is 9.55 Å². The van der Waals surface area contributed by atoms with Gasteiger partial charge in [-0.3, -0.25) is 0 Å². The van der Waals surface area contributed by atoms with Crippen molar-refractivity contribution in [2.24, 2.45) is 0 Å². The highest BCUT2D eigenvalue weighted by molar-refractivity contribution is 4.73. The molecule has 0 spiro atoms. The van der Waals surface area contributed by atoms with Crippen LogP contribution in [0.25, 0.3) is 0 Å². The van der Waals surface area contributed by atoms with Crippen LogP contribution in [-0.2, 0) is 6.30 Å². The Morgan fingerprint density at radius 2 is 2.11 bits per heavy atom. The third kappa shape index (κ3) is 1.22. The quantitative estimate of drug-likeness (QED) is 0.521. The molecule has 0 saturated heterocycles. The Morgan fingerprint density at radius 1 is 1.44 bits per heavy atom. The number of aromatic nitrogens is 2. The lowest BCUT2D eigenvalue weighted by Gasteiger charge is -2.03. The van der Waals surface area contributed by atoms with E-state index in [1.807, 2.05) is 6.20 Å². The Hall–Kier alpha value is -1.00. The van der Waals surface area contributed by atoms with E-state index in [0.717, 1.165) is 6.20 Å². The van der Waals surface area contributed by atoms with Crippen LogP contribution >= 0.6 is 0 Å². The van der Waals surface area contributed by atoms with Crippen molar-refractivity contribution in [3.05, 3.63) is 18.7 Å². The summed E-state index contributed by atoms with van der Waals surface area (Å²) in [5.74, 6) is 0. The predicted octanol–water partition coefficient (Wildman–Crippen LogP) is 1.16. The second-order valence-electron chi connectivity index (χ2n) is 1.36. The Kier molecular flexibility index (Phi) is 1.19. The first-order valence-electron chi connectivity index (χ1n) is 2.08. The SMILES string of the molecule is FC(F)(F)n1[c]cnc1. The van der Waals surface area contributed by atoms with Crippen LogP contribution in [0.2, 0.25) is 0 Å². The molecule has 0 bridgehead atoms. The van der Waals surface area contributed by atoms with Crippen molar-refractivity contribution >= 4 is 0 Å². The molecule has 49 valence electrons. The molecular formula is C4H2F3N2. The fraction of sp³-hybridized carbons (Fsp3) is 0.250. The first-order chi connectivity index (χ1) is 4.11. The molecule has 1 radical (unpaired) electrons. The highest BCUT2D eigenvalue weighted by atomic mass is 19.4. The van der Waals surface area contributed by atoms with Crippen molar-refractivity contribution in [2.45, 2.75) is 6.30 Å². The molecule has 1 aromatic heterocycles. The minimum Gasteiger partial charge on any atom is -0.244 e. The van der Waals surface area contributed by atoms with Gasteiger partial charge in [-0.05, 0) is 0 Å². The molecule has 1 aromatic rings. The molecule has 0 aromatic carbocycles. The molecule has 2 nitrogen and oxygen atoms in total. The van der Waals surface area contributed by atoms with Gasteiger partial charge in [0, 0.05) is 0 Å². The fourth-order valence-corrected chi connectivity index (χ4v) is 0.368. The summed E-state index contributed by atoms with van der Waals surface area (Å²) >= 11 is 0. The first kappa shape index (κ1) is 6.12. The highest BCUT2D eigenvalue weighted by Crippen LogP contribution is 2.19. The van der Waals surface area contributed by atoms with Crippen LogP contribution in [0.3, 0.4) is 0 Å². The molecule has 9 heavy (non-hydrogen) atoms. The lowest BCUT2D eigenvalue weighted by molar-refractivity contribution is -0.204. The van der Waals surface area contributed by atoms with Crippen LogP contribution in [0.4, 0.5) is 13.2 Å². The molecule has 0 aliphatic heterocycles. The molecular weight excluding hydrogens is 133 g/mol. The van der Waals surface area contributed by atoms with Crippen molar-refractivity contribution in [1.82, 2.24) is 9.55 Å². The van der Waals surface area contributed by atoms with Gasteiger partial charge in [-0.2, -0.15) is 0 Å². The van der Waals surface area contributed by atoms with E-state index in [1.165, 1.54) is 0 Å². The third-order valence-corrected chi connectivity index (χ3v) is 0.727. The second kappa shape index (κ2) is 1.75. The maximum Gasteiger partial charge on any atom is 0.490 e. The molecule has 0 aliphatic rings. The van der Waals surface area contributed by atoms with Crippen LogP contribution in [0.15, 0.2) is 12.5 Å². The zero-order valence-electron chi connectivity index (χ0n) is 4.18. The van der Waals surface area contributed by atoms with Gasteiger partial charge in [-0.1, -0.05) is 0 Å². The second-order valence-corrected chi connectivity index (χ2v) is 1.36. The molecule has 0 fully saturated rings. The lowest BCUT2D eigenvalue weighted by atomic mass is 10.9. The number of nitrogens with zero attached hydrogens (tertiary/aromatic N) is 2. The normalized spacial score (nSPS) is 11.9. The molecule has 1 rings (SSSR count). The summed E-state index contributed by atoms with van der Waals surface area (Å²) in [7, 11) is 0. The van der Waals surface area contributed by atoms with Crippen molar-refractivity contribution < 1.29 is 13.2 Å². The lowest BCUT2D eigenvalue weighted by Crippen LogP contribution is -2.14. The van der Waals surface area contributed by atoms with Gasteiger partial charge in [-0.15, -0.1) is 13.2 Å². The van der Waals surface area contributed by atoms with E-state index in [2.05, 4.69) is 4.98 Å². The topological polar surface area (TPSA) is 17.8 Å². The van der Waals surface area contributed by atoms with E-state index >= 15 is 0 Å². The summed E-state index contributed by atoms with van der Waals surface area (Å²) in [6.07, 6.45) is -0.916. The zero-order chi connectivity index (χ0) is 6.91. The van der Waals surface area contributed by atoms with Crippen molar-refractivity contribution in [2.75, 3.05) is 0 Å². The highest BCUT2D eigenvalue weighted by Gasteiger charge is 2.29. The van der Waals surface area contributed by atoms with Crippen molar-refractivity contribution in [1.29, 1.82) is 0 Å². The summed E-state index contributed by atoms with van der Waals surface area (Å²) in [6, 6.07) is 0. The van der Waals surface area contributed by atoms with Crippen molar-refractivity contribution in [3.63, 3.8) is 0 Å². The minimum atomic E-state index is -4.38. The van der Waals surface area contributed by atoms with Crippen LogP contribution < -0.4 is 0 Å².